The summed E-state index contributed by atoms with van der Waals surface area (Å²) in [6.45, 7) is 12.9. The Morgan fingerprint density at radius 3 is 2.20 bits per heavy atom. The van der Waals surface area contributed by atoms with Gasteiger partial charge in [-0.15, -0.1) is 13.2 Å². The highest BCUT2D eigenvalue weighted by atomic mass is 16.5. The lowest BCUT2D eigenvalue weighted by atomic mass is 9.66. The number of benzene rings is 2. The van der Waals surface area contributed by atoms with Gasteiger partial charge in [0.1, 0.15) is 11.6 Å². The molecule has 0 saturated carbocycles. The van der Waals surface area contributed by atoms with Gasteiger partial charge in [0.2, 0.25) is 17.7 Å². The van der Waals surface area contributed by atoms with Crippen molar-refractivity contribution in [2.75, 3.05) is 26.2 Å². The first-order chi connectivity index (χ1) is 21.2. The Kier molecular flexibility index (Phi) is 9.42. The summed E-state index contributed by atoms with van der Waals surface area (Å²) in [5.41, 5.74) is -0.175. The number of aliphatic hydroxyl groups excluding tert-OH is 1. The van der Waals surface area contributed by atoms with Crippen molar-refractivity contribution >= 4 is 17.7 Å². The number of likely N-dealkylation sites (tertiary alicyclic amines) is 1. The summed E-state index contributed by atoms with van der Waals surface area (Å²) in [4.78, 5) is 48.9. The maximum Gasteiger partial charge on any atom is 0.249 e. The molecule has 3 amide bonds. The molecular formula is C36H45N3O5. The van der Waals surface area contributed by atoms with Crippen molar-refractivity contribution in [2.45, 2.75) is 69.4 Å². The molecule has 0 radical (unpaired) electrons. The van der Waals surface area contributed by atoms with Crippen LogP contribution in [-0.4, -0.2) is 87.1 Å². The first-order valence-corrected chi connectivity index (χ1v) is 15.7. The van der Waals surface area contributed by atoms with Gasteiger partial charge in [0.15, 0.2) is 0 Å². The predicted molar refractivity (Wildman–Crippen MR) is 169 cm³/mol. The lowest BCUT2D eigenvalue weighted by molar-refractivity contribution is -0.156. The van der Waals surface area contributed by atoms with Crippen LogP contribution in [0.25, 0.3) is 0 Å². The van der Waals surface area contributed by atoms with Gasteiger partial charge < -0.3 is 24.5 Å². The van der Waals surface area contributed by atoms with Crippen LogP contribution < -0.4 is 0 Å². The number of aliphatic hydroxyl groups is 1. The quantitative estimate of drug-likeness (QED) is 0.332. The van der Waals surface area contributed by atoms with Crippen LogP contribution in [0.5, 0.6) is 0 Å². The van der Waals surface area contributed by atoms with E-state index in [0.29, 0.717) is 38.9 Å². The number of hydrogen-bond acceptors (Lipinski definition) is 5. The molecule has 3 saturated heterocycles. The lowest BCUT2D eigenvalue weighted by Gasteiger charge is -2.39. The van der Waals surface area contributed by atoms with E-state index >= 15 is 0 Å². The van der Waals surface area contributed by atoms with E-state index in [1.165, 1.54) is 0 Å². The third-order valence-electron chi connectivity index (χ3n) is 9.66. The number of carbonyl (C=O) groups is 3. The van der Waals surface area contributed by atoms with Crippen molar-refractivity contribution in [2.24, 2.45) is 11.8 Å². The van der Waals surface area contributed by atoms with Gasteiger partial charge in [0.05, 0.1) is 30.1 Å². The molecule has 1 N–H and O–H groups in total. The first kappa shape index (κ1) is 31.7. The van der Waals surface area contributed by atoms with E-state index in [-0.39, 0.29) is 30.9 Å². The van der Waals surface area contributed by atoms with Crippen LogP contribution in [0, 0.1) is 11.8 Å². The molecule has 3 aliphatic heterocycles. The van der Waals surface area contributed by atoms with E-state index in [1.807, 2.05) is 74.5 Å². The van der Waals surface area contributed by atoms with Crippen molar-refractivity contribution < 1.29 is 24.2 Å². The van der Waals surface area contributed by atoms with Crippen molar-refractivity contribution in [1.82, 2.24) is 14.7 Å². The van der Waals surface area contributed by atoms with Crippen molar-refractivity contribution in [3.05, 3.63) is 97.1 Å². The predicted octanol–water partition coefficient (Wildman–Crippen LogP) is 3.99. The van der Waals surface area contributed by atoms with Gasteiger partial charge in [-0.3, -0.25) is 14.4 Å². The normalized spacial score (nSPS) is 27.6. The van der Waals surface area contributed by atoms with E-state index in [4.69, 9.17) is 4.74 Å². The number of nitrogens with zero attached hydrogens (tertiary/aromatic N) is 3. The Morgan fingerprint density at radius 2 is 1.61 bits per heavy atom. The zero-order chi connectivity index (χ0) is 31.5. The van der Waals surface area contributed by atoms with Gasteiger partial charge in [-0.2, -0.15) is 0 Å². The molecule has 6 atom stereocenters. The van der Waals surface area contributed by atoms with E-state index in [9.17, 15) is 19.5 Å². The molecule has 1 spiro atoms. The first-order valence-electron chi connectivity index (χ1n) is 15.7. The van der Waals surface area contributed by atoms with Gasteiger partial charge in [0.25, 0.3) is 0 Å². The number of amides is 3. The van der Waals surface area contributed by atoms with E-state index in [1.54, 1.807) is 26.9 Å². The lowest BCUT2D eigenvalue weighted by Crippen LogP contribution is -2.59. The molecule has 234 valence electrons. The van der Waals surface area contributed by atoms with Crippen LogP contribution >= 0.6 is 0 Å². The zero-order valence-electron chi connectivity index (χ0n) is 25.9. The number of ether oxygens (including phenoxy) is 1. The van der Waals surface area contributed by atoms with Gasteiger partial charge >= 0.3 is 0 Å². The molecule has 2 unspecified atom stereocenters. The SMILES string of the molecule is C=CCN(Cc1ccccc1)C(=O)C1N([C@@H](CO)Cc2ccccc2)C(=O)[C@@H]2[C@H](C(=O)N(CC=C)CCC)[C@]3(C)CCC12O3. The van der Waals surface area contributed by atoms with Crippen LogP contribution in [0.2, 0.25) is 0 Å². The van der Waals surface area contributed by atoms with Crippen LogP contribution in [0.3, 0.4) is 0 Å². The molecule has 8 heteroatoms. The molecule has 2 aromatic carbocycles. The second-order valence-corrected chi connectivity index (χ2v) is 12.6. The summed E-state index contributed by atoms with van der Waals surface area (Å²) in [6, 6.07) is 17.7. The van der Waals surface area contributed by atoms with Crippen molar-refractivity contribution in [3.63, 3.8) is 0 Å². The summed E-state index contributed by atoms with van der Waals surface area (Å²) >= 11 is 0. The van der Waals surface area contributed by atoms with Crippen LogP contribution in [-0.2, 0) is 32.1 Å². The number of carbonyl (C=O) groups excluding carboxylic acids is 3. The topological polar surface area (TPSA) is 90.4 Å². The molecule has 0 aromatic heterocycles. The highest BCUT2D eigenvalue weighted by molar-refractivity contribution is 5.99. The third kappa shape index (κ3) is 5.50. The van der Waals surface area contributed by atoms with E-state index < -0.39 is 35.1 Å². The Morgan fingerprint density at radius 1 is 1.00 bits per heavy atom. The van der Waals surface area contributed by atoms with Gasteiger partial charge in [-0.25, -0.2) is 0 Å². The molecule has 5 rings (SSSR count). The highest BCUT2D eigenvalue weighted by Crippen LogP contribution is 2.64. The van der Waals surface area contributed by atoms with Gasteiger partial charge in [-0.05, 0) is 43.7 Å². The fourth-order valence-corrected chi connectivity index (χ4v) is 7.83. The fourth-order valence-electron chi connectivity index (χ4n) is 7.83. The van der Waals surface area contributed by atoms with Crippen molar-refractivity contribution in [1.29, 1.82) is 0 Å². The summed E-state index contributed by atoms with van der Waals surface area (Å²) in [7, 11) is 0. The molecule has 3 fully saturated rings. The largest absolute Gasteiger partial charge is 0.394 e. The Labute approximate surface area is 261 Å². The summed E-state index contributed by atoms with van der Waals surface area (Å²) in [6.07, 6.45) is 5.55. The Balaban J connectivity index is 1.60. The van der Waals surface area contributed by atoms with E-state index in [2.05, 4.69) is 13.2 Å². The molecule has 3 aliphatic rings. The molecule has 44 heavy (non-hydrogen) atoms. The monoisotopic (exact) mass is 599 g/mol. The maximum absolute atomic E-state index is 14.8. The molecule has 0 aliphatic carbocycles. The number of fused-ring (bicyclic) bond motifs is 1. The van der Waals surface area contributed by atoms with Crippen molar-refractivity contribution in [3.8, 4) is 0 Å². The fraction of sp³-hybridized carbons (Fsp3) is 0.472. The third-order valence-corrected chi connectivity index (χ3v) is 9.66. The Bertz CT molecular complexity index is 1370. The Hall–Kier alpha value is -3.75. The molecule has 2 aromatic rings. The minimum atomic E-state index is -1.18. The second kappa shape index (κ2) is 13.1. The average Bonchev–Trinajstić information content (AvgIpc) is 3.60. The second-order valence-electron chi connectivity index (χ2n) is 12.6. The molecule has 2 bridgehead atoms. The minimum Gasteiger partial charge on any atom is -0.394 e. The molecule has 3 heterocycles. The van der Waals surface area contributed by atoms with Crippen LogP contribution in [0.1, 0.15) is 44.2 Å². The van der Waals surface area contributed by atoms with Gasteiger partial charge in [0, 0.05) is 26.2 Å². The van der Waals surface area contributed by atoms with Crippen LogP contribution in [0.15, 0.2) is 86.0 Å². The van der Waals surface area contributed by atoms with Gasteiger partial charge in [-0.1, -0.05) is 79.7 Å². The molecule has 8 nitrogen and oxygen atoms in total. The summed E-state index contributed by atoms with van der Waals surface area (Å²) in [5.74, 6) is -2.27. The zero-order valence-corrected chi connectivity index (χ0v) is 25.9. The standard InChI is InChI=1S/C36H45N3O5/c1-5-20-37(21-6-2)32(41)29-30-33(42)39(28(25-40)23-26-14-10-8-11-15-26)31(36(30)19-18-35(29,4)44-36)34(43)38(22-7-3)24-27-16-12-9-13-17-27/h5,7-17,28-31,40H,1,3,6,18-25H2,2,4H3/t28-,29-,30+,31?,35+,36?/m1/s1. The number of rotatable bonds is 14. The summed E-state index contributed by atoms with van der Waals surface area (Å²) < 4.78 is 6.88. The average molecular weight is 600 g/mol. The smallest absolute Gasteiger partial charge is 0.249 e. The highest BCUT2D eigenvalue weighted by Gasteiger charge is 2.78. The molecular weight excluding hydrogens is 554 g/mol. The summed E-state index contributed by atoms with van der Waals surface area (Å²) in [5, 5.41) is 10.8. The van der Waals surface area contributed by atoms with E-state index in [0.717, 1.165) is 17.5 Å². The minimum absolute atomic E-state index is 0.141. The van der Waals surface area contributed by atoms with Crippen LogP contribution in [0.4, 0.5) is 0 Å². The maximum atomic E-state index is 14.8. The number of hydrogen-bond donors (Lipinski definition) is 1.